The van der Waals surface area contributed by atoms with Gasteiger partial charge < -0.3 is 10.4 Å². The third-order valence-electron chi connectivity index (χ3n) is 4.15. The molecule has 0 spiro atoms. The van der Waals surface area contributed by atoms with Crippen molar-refractivity contribution in [3.63, 3.8) is 0 Å². The van der Waals surface area contributed by atoms with E-state index in [1.54, 1.807) is 0 Å². The summed E-state index contributed by atoms with van der Waals surface area (Å²) in [5, 5.41) is 16.1. The molecule has 1 aliphatic carbocycles. The molecular weight excluding hydrogens is 246 g/mol. The van der Waals surface area contributed by atoms with Crippen LogP contribution in [0.2, 0.25) is 0 Å². The fourth-order valence-corrected chi connectivity index (χ4v) is 3.01. The molecule has 2 N–H and O–H groups in total. The van der Waals surface area contributed by atoms with Crippen LogP contribution < -0.4 is 5.32 Å². The van der Waals surface area contributed by atoms with Crippen molar-refractivity contribution in [3.8, 4) is 5.75 Å². The first kappa shape index (κ1) is 13.2. The average molecular weight is 267 g/mol. The predicted octanol–water partition coefficient (Wildman–Crippen LogP) is 4.30. The Kier molecular flexibility index (Phi) is 3.75. The normalized spacial score (nSPS) is 20.1. The van der Waals surface area contributed by atoms with Gasteiger partial charge in [0.25, 0.3) is 0 Å². The van der Waals surface area contributed by atoms with E-state index in [4.69, 9.17) is 0 Å². The molecule has 0 bridgehead atoms. The highest BCUT2D eigenvalue weighted by molar-refractivity contribution is 5.89. The molecule has 0 heterocycles. The summed E-state index contributed by atoms with van der Waals surface area (Å²) in [4.78, 5) is 0. The van der Waals surface area contributed by atoms with Crippen LogP contribution in [0.25, 0.3) is 10.8 Å². The van der Waals surface area contributed by atoms with Crippen LogP contribution in [0.4, 0.5) is 0 Å². The maximum absolute atomic E-state index is 10.5. The number of aromatic hydroxyl groups is 1. The first-order valence-electron chi connectivity index (χ1n) is 7.37. The van der Waals surface area contributed by atoms with Crippen molar-refractivity contribution in [1.82, 2.24) is 5.32 Å². The third kappa shape index (κ3) is 2.56. The molecule has 2 aromatic rings. The van der Waals surface area contributed by atoms with Crippen LogP contribution >= 0.6 is 0 Å². The number of benzene rings is 2. The Morgan fingerprint density at radius 2 is 2.00 bits per heavy atom. The van der Waals surface area contributed by atoms with E-state index in [1.807, 2.05) is 30.3 Å². The third-order valence-corrected chi connectivity index (χ3v) is 4.15. The zero-order valence-corrected chi connectivity index (χ0v) is 11.8. The van der Waals surface area contributed by atoms with E-state index in [1.165, 1.54) is 6.42 Å². The number of fused-ring (bicyclic) bond motifs is 1. The van der Waals surface area contributed by atoms with Gasteiger partial charge in [-0.25, -0.2) is 0 Å². The lowest BCUT2D eigenvalue weighted by Crippen LogP contribution is -2.32. The van der Waals surface area contributed by atoms with Crippen LogP contribution in [0.15, 0.2) is 48.6 Å². The Labute approximate surface area is 120 Å². The second kappa shape index (κ2) is 5.68. The van der Waals surface area contributed by atoms with Crippen LogP contribution in [0.3, 0.4) is 0 Å². The molecule has 20 heavy (non-hydrogen) atoms. The minimum atomic E-state index is 0.163. The van der Waals surface area contributed by atoms with Crippen LogP contribution in [-0.4, -0.2) is 11.1 Å². The molecule has 2 heteroatoms. The van der Waals surface area contributed by atoms with Gasteiger partial charge in [-0.05, 0) is 31.6 Å². The summed E-state index contributed by atoms with van der Waals surface area (Å²) in [5.74, 6) is 0.412. The quantitative estimate of drug-likeness (QED) is 0.812. The molecule has 0 aliphatic heterocycles. The zero-order chi connectivity index (χ0) is 13.9. The van der Waals surface area contributed by atoms with Gasteiger partial charge in [0, 0.05) is 23.0 Å². The monoisotopic (exact) mass is 267 g/mol. The first-order valence-corrected chi connectivity index (χ1v) is 7.37. The molecule has 3 rings (SSSR count). The Hall–Kier alpha value is -1.80. The van der Waals surface area contributed by atoms with Crippen molar-refractivity contribution >= 4 is 10.8 Å². The van der Waals surface area contributed by atoms with Gasteiger partial charge in [0.2, 0.25) is 0 Å². The molecule has 2 aromatic carbocycles. The highest BCUT2D eigenvalue weighted by Crippen LogP contribution is 2.32. The lowest BCUT2D eigenvalue weighted by atomic mass is 9.97. The van der Waals surface area contributed by atoms with Gasteiger partial charge in [-0.2, -0.15) is 0 Å². The second-order valence-electron chi connectivity index (χ2n) is 5.59. The molecule has 0 aromatic heterocycles. The van der Waals surface area contributed by atoms with Gasteiger partial charge in [-0.3, -0.25) is 0 Å². The van der Waals surface area contributed by atoms with Gasteiger partial charge in [-0.1, -0.05) is 48.6 Å². The summed E-state index contributed by atoms with van der Waals surface area (Å²) in [7, 11) is 0. The molecule has 0 saturated heterocycles. The van der Waals surface area contributed by atoms with E-state index < -0.39 is 0 Å². The average Bonchev–Trinajstić information content (AvgIpc) is 2.49. The number of allylic oxidation sites excluding steroid dienone is 1. The van der Waals surface area contributed by atoms with Crippen LogP contribution in [0, 0.1) is 0 Å². The van der Waals surface area contributed by atoms with Gasteiger partial charge in [0.15, 0.2) is 0 Å². The highest BCUT2D eigenvalue weighted by atomic mass is 16.3. The van der Waals surface area contributed by atoms with Gasteiger partial charge in [0.05, 0.1) is 0 Å². The Morgan fingerprint density at radius 1 is 1.15 bits per heavy atom. The van der Waals surface area contributed by atoms with Gasteiger partial charge >= 0.3 is 0 Å². The summed E-state index contributed by atoms with van der Waals surface area (Å²) < 4.78 is 0. The second-order valence-corrected chi connectivity index (χ2v) is 5.59. The number of hydrogen-bond acceptors (Lipinski definition) is 2. The lowest BCUT2D eigenvalue weighted by Gasteiger charge is -2.25. The standard InChI is InChI=1S/C18H21NO/c1-13(19-15-8-3-2-4-9-15)16-12-11-14-7-5-6-10-17(14)18(16)20/h2-3,5-7,10-13,15,19-20H,4,8-9H2,1H3. The predicted molar refractivity (Wildman–Crippen MR) is 83.9 cm³/mol. The molecule has 2 unspecified atom stereocenters. The molecule has 0 saturated carbocycles. The Bertz CT molecular complexity index is 632. The molecule has 0 amide bonds. The summed E-state index contributed by atoms with van der Waals surface area (Å²) in [6.07, 6.45) is 7.90. The number of rotatable bonds is 3. The van der Waals surface area contributed by atoms with E-state index in [0.29, 0.717) is 11.8 Å². The fourth-order valence-electron chi connectivity index (χ4n) is 3.01. The minimum Gasteiger partial charge on any atom is -0.507 e. The SMILES string of the molecule is CC(NC1CC=CCC1)c1ccc2ccccc2c1O. The Balaban J connectivity index is 1.85. The maximum Gasteiger partial charge on any atom is 0.128 e. The van der Waals surface area contributed by atoms with E-state index in [0.717, 1.165) is 29.2 Å². The summed E-state index contributed by atoms with van der Waals surface area (Å²) in [5.41, 5.74) is 0.984. The number of nitrogens with one attached hydrogen (secondary N) is 1. The number of hydrogen-bond donors (Lipinski definition) is 2. The lowest BCUT2D eigenvalue weighted by molar-refractivity contribution is 0.409. The van der Waals surface area contributed by atoms with E-state index in [9.17, 15) is 5.11 Å². The van der Waals surface area contributed by atoms with Crippen molar-refractivity contribution < 1.29 is 5.11 Å². The largest absolute Gasteiger partial charge is 0.507 e. The van der Waals surface area contributed by atoms with Crippen LogP contribution in [0.5, 0.6) is 5.75 Å². The highest BCUT2D eigenvalue weighted by Gasteiger charge is 2.17. The van der Waals surface area contributed by atoms with Crippen LogP contribution in [0.1, 0.15) is 37.8 Å². The maximum atomic E-state index is 10.5. The van der Waals surface area contributed by atoms with Gasteiger partial charge in [0.1, 0.15) is 5.75 Å². The molecule has 2 atom stereocenters. The summed E-state index contributed by atoms with van der Waals surface area (Å²) in [6.45, 7) is 2.13. The zero-order valence-electron chi connectivity index (χ0n) is 11.8. The fraction of sp³-hybridized carbons (Fsp3) is 0.333. The molecular formula is C18H21NO. The topological polar surface area (TPSA) is 32.3 Å². The summed E-state index contributed by atoms with van der Waals surface area (Å²) >= 11 is 0. The Morgan fingerprint density at radius 3 is 2.80 bits per heavy atom. The van der Waals surface area contributed by atoms with Crippen molar-refractivity contribution in [3.05, 3.63) is 54.1 Å². The smallest absolute Gasteiger partial charge is 0.128 e. The molecule has 104 valence electrons. The minimum absolute atomic E-state index is 0.163. The number of phenols is 1. The molecule has 2 nitrogen and oxygen atoms in total. The van der Waals surface area contributed by atoms with Crippen molar-refractivity contribution in [2.75, 3.05) is 0 Å². The van der Waals surface area contributed by atoms with Gasteiger partial charge in [-0.15, -0.1) is 0 Å². The first-order chi connectivity index (χ1) is 9.75. The van der Waals surface area contributed by atoms with Crippen LogP contribution in [-0.2, 0) is 0 Å². The van der Waals surface area contributed by atoms with Crippen molar-refractivity contribution in [2.45, 2.75) is 38.3 Å². The van der Waals surface area contributed by atoms with E-state index in [-0.39, 0.29) is 6.04 Å². The molecule has 1 aliphatic rings. The van der Waals surface area contributed by atoms with E-state index >= 15 is 0 Å². The number of phenolic OH excluding ortho intramolecular Hbond substituents is 1. The molecule has 0 fully saturated rings. The van der Waals surface area contributed by atoms with Crippen molar-refractivity contribution in [2.24, 2.45) is 0 Å². The molecule has 0 radical (unpaired) electrons. The van der Waals surface area contributed by atoms with Crippen molar-refractivity contribution in [1.29, 1.82) is 0 Å². The van der Waals surface area contributed by atoms with E-state index in [2.05, 4.69) is 30.5 Å². The summed E-state index contributed by atoms with van der Waals surface area (Å²) in [6, 6.07) is 12.8.